The molecule has 0 fully saturated rings. The Labute approximate surface area is 111 Å². The van der Waals surface area contributed by atoms with E-state index in [1.165, 1.54) is 12.1 Å². The summed E-state index contributed by atoms with van der Waals surface area (Å²) in [5.74, 6) is -0.791. The molecule has 3 heteroatoms. The molecule has 2 aromatic rings. The molecule has 96 valence electrons. The predicted molar refractivity (Wildman–Crippen MR) is 75.2 cm³/mol. The van der Waals surface area contributed by atoms with Crippen LogP contribution in [0.5, 0.6) is 0 Å². The van der Waals surface area contributed by atoms with Crippen LogP contribution in [0.1, 0.15) is 11.1 Å². The monoisotopic (exact) mass is 255 g/mol. The Balaban J connectivity index is 2.06. The average Bonchev–Trinajstić information content (AvgIpc) is 2.42. The summed E-state index contributed by atoms with van der Waals surface area (Å²) >= 11 is 0. The molecule has 0 radical (unpaired) electrons. The van der Waals surface area contributed by atoms with E-state index in [0.717, 1.165) is 11.1 Å². The summed E-state index contributed by atoms with van der Waals surface area (Å²) in [5.41, 5.74) is 2.01. The first-order valence-corrected chi connectivity index (χ1v) is 5.95. The van der Waals surface area contributed by atoms with Crippen LogP contribution in [0.4, 0.5) is 10.1 Å². The number of carbonyl (C=O) groups excluding carboxylic acids is 1. The number of rotatable bonds is 3. The number of anilines is 1. The first-order valence-electron chi connectivity index (χ1n) is 5.95. The fraction of sp³-hybridized carbons (Fsp3) is 0.0625. The second-order valence-corrected chi connectivity index (χ2v) is 4.22. The van der Waals surface area contributed by atoms with Crippen LogP contribution >= 0.6 is 0 Å². The summed E-state index contributed by atoms with van der Waals surface area (Å²) in [5, 5.41) is 2.52. The van der Waals surface area contributed by atoms with E-state index < -0.39 is 5.82 Å². The first kappa shape index (κ1) is 13.0. The van der Waals surface area contributed by atoms with Gasteiger partial charge in [0.15, 0.2) is 0 Å². The smallest absolute Gasteiger partial charge is 0.248 e. The Morgan fingerprint density at radius 2 is 1.89 bits per heavy atom. The lowest BCUT2D eigenvalue weighted by molar-refractivity contribution is -0.111. The van der Waals surface area contributed by atoms with Crippen molar-refractivity contribution in [2.75, 3.05) is 5.32 Å². The van der Waals surface area contributed by atoms with Gasteiger partial charge in [-0.2, -0.15) is 0 Å². The maximum atomic E-state index is 13.5. The van der Waals surface area contributed by atoms with Crippen molar-refractivity contribution in [2.24, 2.45) is 0 Å². The van der Waals surface area contributed by atoms with E-state index in [1.807, 2.05) is 37.3 Å². The van der Waals surface area contributed by atoms with Crippen LogP contribution in [-0.2, 0) is 4.79 Å². The van der Waals surface area contributed by atoms with E-state index in [9.17, 15) is 9.18 Å². The molecule has 2 nitrogen and oxygen atoms in total. The summed E-state index contributed by atoms with van der Waals surface area (Å²) in [7, 11) is 0. The lowest BCUT2D eigenvalue weighted by Gasteiger charge is -2.04. The number of halogens is 1. The SMILES string of the molecule is Cc1ccc(F)c(NC(=O)/C=C/c2ccccc2)c1. The van der Waals surface area contributed by atoms with Gasteiger partial charge < -0.3 is 5.32 Å². The number of nitrogens with one attached hydrogen (secondary N) is 1. The largest absolute Gasteiger partial charge is 0.320 e. The minimum Gasteiger partial charge on any atom is -0.320 e. The van der Waals surface area contributed by atoms with Gasteiger partial charge in [0, 0.05) is 6.08 Å². The van der Waals surface area contributed by atoms with Crippen molar-refractivity contribution in [1.82, 2.24) is 0 Å². The summed E-state index contributed by atoms with van der Waals surface area (Å²) in [6.45, 7) is 1.84. The predicted octanol–water partition coefficient (Wildman–Crippen LogP) is 3.79. The van der Waals surface area contributed by atoms with E-state index in [0.29, 0.717) is 0 Å². The maximum absolute atomic E-state index is 13.5. The lowest BCUT2D eigenvalue weighted by atomic mass is 10.2. The fourth-order valence-electron chi connectivity index (χ4n) is 1.65. The summed E-state index contributed by atoms with van der Waals surface area (Å²) in [4.78, 5) is 11.7. The molecule has 0 aromatic heterocycles. The maximum Gasteiger partial charge on any atom is 0.248 e. The highest BCUT2D eigenvalue weighted by Gasteiger charge is 2.04. The van der Waals surface area contributed by atoms with E-state index in [-0.39, 0.29) is 11.6 Å². The zero-order valence-electron chi connectivity index (χ0n) is 10.6. The van der Waals surface area contributed by atoms with Gasteiger partial charge in [-0.25, -0.2) is 4.39 Å². The van der Waals surface area contributed by atoms with E-state index in [1.54, 1.807) is 18.2 Å². The van der Waals surface area contributed by atoms with Crippen LogP contribution in [0.25, 0.3) is 6.08 Å². The van der Waals surface area contributed by atoms with Crippen LogP contribution in [0.2, 0.25) is 0 Å². The summed E-state index contributed by atoms with van der Waals surface area (Å²) in [6.07, 6.45) is 3.07. The number of carbonyl (C=O) groups is 1. The van der Waals surface area contributed by atoms with Crippen molar-refractivity contribution in [3.05, 3.63) is 71.6 Å². The molecule has 0 spiro atoms. The molecule has 0 aliphatic rings. The van der Waals surface area contributed by atoms with E-state index in [4.69, 9.17) is 0 Å². The highest BCUT2D eigenvalue weighted by atomic mass is 19.1. The van der Waals surface area contributed by atoms with Crippen LogP contribution in [0.3, 0.4) is 0 Å². The number of benzene rings is 2. The molecule has 0 unspecified atom stereocenters. The molecule has 2 aromatic carbocycles. The Hall–Kier alpha value is -2.42. The van der Waals surface area contributed by atoms with Crippen LogP contribution < -0.4 is 5.32 Å². The van der Waals surface area contributed by atoms with Gasteiger partial charge in [0.05, 0.1) is 5.69 Å². The van der Waals surface area contributed by atoms with Crippen LogP contribution in [0.15, 0.2) is 54.6 Å². The molecule has 0 aliphatic heterocycles. The third kappa shape index (κ3) is 3.78. The third-order valence-electron chi connectivity index (χ3n) is 2.61. The number of hydrogen-bond donors (Lipinski definition) is 1. The molecule has 19 heavy (non-hydrogen) atoms. The molecule has 1 amide bonds. The lowest BCUT2D eigenvalue weighted by Crippen LogP contribution is -2.09. The van der Waals surface area contributed by atoms with Crippen molar-refractivity contribution in [1.29, 1.82) is 0 Å². The Morgan fingerprint density at radius 1 is 1.16 bits per heavy atom. The molecular formula is C16H14FNO. The van der Waals surface area contributed by atoms with Crippen molar-refractivity contribution in [2.45, 2.75) is 6.92 Å². The number of hydrogen-bond acceptors (Lipinski definition) is 1. The Morgan fingerprint density at radius 3 is 2.63 bits per heavy atom. The second kappa shape index (κ2) is 5.96. The van der Waals surface area contributed by atoms with Gasteiger partial charge in [0.1, 0.15) is 5.82 Å². The van der Waals surface area contributed by atoms with Crippen LogP contribution in [0, 0.1) is 12.7 Å². The van der Waals surface area contributed by atoms with Gasteiger partial charge in [-0.15, -0.1) is 0 Å². The number of amides is 1. The van der Waals surface area contributed by atoms with E-state index in [2.05, 4.69) is 5.32 Å². The average molecular weight is 255 g/mol. The van der Waals surface area contributed by atoms with Gasteiger partial charge in [-0.1, -0.05) is 36.4 Å². The van der Waals surface area contributed by atoms with Gasteiger partial charge in [0.25, 0.3) is 0 Å². The zero-order valence-corrected chi connectivity index (χ0v) is 10.6. The minimum absolute atomic E-state index is 0.197. The van der Waals surface area contributed by atoms with Crippen molar-refractivity contribution >= 4 is 17.7 Å². The molecule has 0 aliphatic carbocycles. The topological polar surface area (TPSA) is 29.1 Å². The Bertz CT molecular complexity index is 605. The van der Waals surface area contributed by atoms with Gasteiger partial charge in [-0.05, 0) is 36.3 Å². The highest BCUT2D eigenvalue weighted by Crippen LogP contribution is 2.15. The fourth-order valence-corrected chi connectivity index (χ4v) is 1.65. The Kier molecular flexibility index (Phi) is 4.08. The van der Waals surface area contributed by atoms with Crippen LogP contribution in [-0.4, -0.2) is 5.91 Å². The second-order valence-electron chi connectivity index (χ2n) is 4.22. The molecular weight excluding hydrogens is 241 g/mol. The minimum atomic E-state index is -0.438. The van der Waals surface area contributed by atoms with Gasteiger partial charge in [0.2, 0.25) is 5.91 Å². The van der Waals surface area contributed by atoms with Gasteiger partial charge >= 0.3 is 0 Å². The quantitative estimate of drug-likeness (QED) is 0.831. The van der Waals surface area contributed by atoms with Crippen molar-refractivity contribution in [3.8, 4) is 0 Å². The standard InChI is InChI=1S/C16H14FNO/c1-12-7-9-14(17)15(11-12)18-16(19)10-8-13-5-3-2-4-6-13/h2-11H,1H3,(H,18,19)/b10-8+. The molecule has 0 atom stereocenters. The first-order chi connectivity index (χ1) is 9.15. The van der Waals surface area contributed by atoms with E-state index >= 15 is 0 Å². The molecule has 0 saturated heterocycles. The molecule has 1 N–H and O–H groups in total. The summed E-state index contributed by atoms with van der Waals surface area (Å²) in [6, 6.07) is 14.0. The zero-order chi connectivity index (χ0) is 13.7. The van der Waals surface area contributed by atoms with Crippen molar-refractivity contribution in [3.63, 3.8) is 0 Å². The number of aryl methyl sites for hydroxylation is 1. The van der Waals surface area contributed by atoms with Gasteiger partial charge in [-0.3, -0.25) is 4.79 Å². The molecule has 0 heterocycles. The van der Waals surface area contributed by atoms with Crippen molar-refractivity contribution < 1.29 is 9.18 Å². The normalized spacial score (nSPS) is 10.6. The molecule has 2 rings (SSSR count). The third-order valence-corrected chi connectivity index (χ3v) is 2.61. The summed E-state index contributed by atoms with van der Waals surface area (Å²) < 4.78 is 13.5. The molecule has 0 saturated carbocycles. The molecule has 0 bridgehead atoms. The highest BCUT2D eigenvalue weighted by molar-refractivity contribution is 6.02.